The third-order valence-corrected chi connectivity index (χ3v) is 4.30. The van der Waals surface area contributed by atoms with Crippen LogP contribution in [0.3, 0.4) is 0 Å². The summed E-state index contributed by atoms with van der Waals surface area (Å²) in [4.78, 5) is 28.9. The number of benzene rings is 2. The molecule has 0 radical (unpaired) electrons. The number of nitrogens with zero attached hydrogens (tertiary/aromatic N) is 1. The topological polar surface area (TPSA) is 94.4 Å². The van der Waals surface area contributed by atoms with Gasteiger partial charge in [-0.15, -0.1) is 0 Å². The maximum absolute atomic E-state index is 14.7. The third-order valence-electron chi connectivity index (χ3n) is 4.30. The van der Waals surface area contributed by atoms with Crippen molar-refractivity contribution in [2.75, 3.05) is 20.3 Å². The van der Waals surface area contributed by atoms with E-state index in [4.69, 9.17) is 9.47 Å². The minimum absolute atomic E-state index is 0.0589. The monoisotopic (exact) mass is 465 g/mol. The molecular weight excluding hydrogens is 443 g/mol. The fraction of sp³-hybridized carbons (Fsp3) is 0.261. The highest BCUT2D eigenvalue weighted by Crippen LogP contribution is 2.31. The van der Waals surface area contributed by atoms with Crippen LogP contribution in [0.5, 0.6) is 5.75 Å². The van der Waals surface area contributed by atoms with E-state index in [1.54, 1.807) is 37.3 Å². The summed E-state index contributed by atoms with van der Waals surface area (Å²) in [6.45, 7) is 3.02. The molecule has 176 valence electrons. The molecule has 10 heteroatoms. The van der Waals surface area contributed by atoms with E-state index >= 15 is 0 Å². The van der Waals surface area contributed by atoms with E-state index in [0.717, 1.165) is 13.3 Å². The smallest absolute Gasteiger partial charge is 0.343 e. The molecule has 33 heavy (non-hydrogen) atoms. The second-order valence-electron chi connectivity index (χ2n) is 6.39. The first-order valence-corrected chi connectivity index (χ1v) is 9.83. The van der Waals surface area contributed by atoms with Crippen LogP contribution in [0.4, 0.5) is 13.2 Å². The van der Waals surface area contributed by atoms with E-state index in [1.807, 2.05) is 0 Å². The zero-order valence-corrected chi connectivity index (χ0v) is 18.1. The van der Waals surface area contributed by atoms with Gasteiger partial charge in [-0.25, -0.2) is 18.4 Å². The fourth-order valence-electron chi connectivity index (χ4n) is 2.79. The minimum Gasteiger partial charge on any atom is -0.506 e. The number of hydrogen-bond acceptors (Lipinski definition) is 7. The number of aliphatic hydroxyl groups excluding tert-OH is 1. The Morgan fingerprint density at radius 2 is 1.70 bits per heavy atom. The average Bonchev–Trinajstić information content (AvgIpc) is 2.80. The zero-order chi connectivity index (χ0) is 24.5. The molecule has 1 N–H and O–H groups in total. The van der Waals surface area contributed by atoms with Crippen LogP contribution in [0.1, 0.15) is 31.0 Å². The van der Waals surface area contributed by atoms with Crippen LogP contribution < -0.4 is 4.74 Å². The van der Waals surface area contributed by atoms with Gasteiger partial charge in [0.1, 0.15) is 11.3 Å². The number of ether oxygens (including phenoxy) is 3. The summed E-state index contributed by atoms with van der Waals surface area (Å²) >= 11 is 0. The van der Waals surface area contributed by atoms with Gasteiger partial charge in [0.05, 0.1) is 25.9 Å². The normalized spacial score (nSPS) is 12.8. The fourth-order valence-corrected chi connectivity index (χ4v) is 2.79. The minimum atomic E-state index is -1.61. The van der Waals surface area contributed by atoms with Crippen LogP contribution in [-0.2, 0) is 19.1 Å². The second kappa shape index (κ2) is 11.7. The van der Waals surface area contributed by atoms with Crippen LogP contribution in [0, 0.1) is 17.5 Å². The van der Waals surface area contributed by atoms with Crippen molar-refractivity contribution in [1.82, 2.24) is 0 Å². The van der Waals surface area contributed by atoms with Gasteiger partial charge in [-0.2, -0.15) is 4.39 Å². The van der Waals surface area contributed by atoms with Crippen molar-refractivity contribution >= 4 is 23.9 Å². The number of rotatable bonds is 9. The van der Waals surface area contributed by atoms with E-state index in [1.165, 1.54) is 6.92 Å². The molecule has 1 atom stereocenters. The first-order valence-electron chi connectivity index (χ1n) is 9.83. The summed E-state index contributed by atoms with van der Waals surface area (Å²) in [6.07, 6.45) is 0.787. The highest BCUT2D eigenvalue weighted by Gasteiger charge is 2.27. The number of aliphatic hydroxyl groups is 1. The molecule has 0 unspecified atom stereocenters. The average molecular weight is 465 g/mol. The largest absolute Gasteiger partial charge is 0.506 e. The summed E-state index contributed by atoms with van der Waals surface area (Å²) in [7, 11) is 0.906. The van der Waals surface area contributed by atoms with Crippen molar-refractivity contribution in [2.45, 2.75) is 19.9 Å². The molecule has 2 rings (SSSR count). The Hall–Kier alpha value is -3.82. The molecule has 7 nitrogen and oxygen atoms in total. The maximum atomic E-state index is 14.7. The Labute approximate surface area is 188 Å². The van der Waals surface area contributed by atoms with Crippen molar-refractivity contribution in [3.05, 3.63) is 70.5 Å². The van der Waals surface area contributed by atoms with Crippen molar-refractivity contribution in [3.63, 3.8) is 0 Å². The van der Waals surface area contributed by atoms with Gasteiger partial charge in [0.25, 0.3) is 0 Å². The van der Waals surface area contributed by atoms with Gasteiger partial charge < -0.3 is 19.3 Å². The Morgan fingerprint density at radius 3 is 2.27 bits per heavy atom. The van der Waals surface area contributed by atoms with Crippen LogP contribution in [0.25, 0.3) is 5.76 Å². The first kappa shape index (κ1) is 25.4. The second-order valence-corrected chi connectivity index (χ2v) is 6.39. The molecule has 0 heterocycles. The van der Waals surface area contributed by atoms with Crippen molar-refractivity contribution in [2.24, 2.45) is 4.99 Å². The van der Waals surface area contributed by atoms with Crippen molar-refractivity contribution in [1.29, 1.82) is 0 Å². The zero-order valence-electron chi connectivity index (χ0n) is 18.1. The molecule has 0 fully saturated rings. The molecule has 0 amide bonds. The Kier molecular flexibility index (Phi) is 9.02. The molecule has 2 aromatic rings. The number of methoxy groups -OCH3 is 1. The summed E-state index contributed by atoms with van der Waals surface area (Å²) in [5, 5.41) is 10.6. The number of halogens is 3. The van der Waals surface area contributed by atoms with Gasteiger partial charge in [-0.1, -0.05) is 30.3 Å². The van der Waals surface area contributed by atoms with Crippen LogP contribution in [0.2, 0.25) is 0 Å². The third kappa shape index (κ3) is 5.91. The van der Waals surface area contributed by atoms with Crippen molar-refractivity contribution in [3.8, 4) is 5.75 Å². The molecule has 0 saturated carbocycles. The Balaban J connectivity index is 2.66. The summed E-state index contributed by atoms with van der Waals surface area (Å²) in [5.74, 6) is -8.66. The lowest BCUT2D eigenvalue weighted by molar-refractivity contribution is -0.144. The highest BCUT2D eigenvalue weighted by molar-refractivity contribution is 6.15. The molecule has 0 spiro atoms. The molecule has 0 aromatic heterocycles. The van der Waals surface area contributed by atoms with Crippen LogP contribution in [0.15, 0.2) is 47.0 Å². The summed E-state index contributed by atoms with van der Waals surface area (Å²) < 4.78 is 56.8. The summed E-state index contributed by atoms with van der Waals surface area (Å²) in [6, 6.07) is 7.32. The number of hydrogen-bond donors (Lipinski definition) is 1. The van der Waals surface area contributed by atoms with Crippen LogP contribution >= 0.6 is 0 Å². The lowest BCUT2D eigenvalue weighted by Crippen LogP contribution is -2.17. The number of carbonyl (C=O) groups excluding carboxylic acids is 2. The SMILES string of the molecule is CCOC(=O)/C(C=N[C@H](C(=O)OCC)c1ccccc1)=C(\O)c1cc(F)c(F)c(OC)c1F. The van der Waals surface area contributed by atoms with Gasteiger partial charge in [-0.05, 0) is 25.5 Å². The molecule has 2 aromatic carbocycles. The number of aliphatic imine (C=N–C) groups is 1. The van der Waals surface area contributed by atoms with Gasteiger partial charge >= 0.3 is 11.9 Å². The van der Waals surface area contributed by atoms with Gasteiger partial charge in [0.15, 0.2) is 23.4 Å². The van der Waals surface area contributed by atoms with Crippen molar-refractivity contribution < 1.29 is 42.1 Å². The number of carbonyl (C=O) groups is 2. The van der Waals surface area contributed by atoms with Gasteiger partial charge in [-0.3, -0.25) is 4.99 Å². The Morgan fingerprint density at radius 1 is 1.06 bits per heavy atom. The van der Waals surface area contributed by atoms with Gasteiger partial charge in [0.2, 0.25) is 5.82 Å². The molecule has 0 bridgehead atoms. The lowest BCUT2D eigenvalue weighted by Gasteiger charge is -2.13. The molecule has 0 aliphatic rings. The highest BCUT2D eigenvalue weighted by atomic mass is 19.2. The summed E-state index contributed by atoms with van der Waals surface area (Å²) in [5.41, 5.74) is -1.16. The van der Waals surface area contributed by atoms with E-state index in [9.17, 15) is 27.9 Å². The lowest BCUT2D eigenvalue weighted by atomic mass is 10.1. The molecule has 0 aliphatic heterocycles. The van der Waals surface area contributed by atoms with E-state index < -0.39 is 58.1 Å². The van der Waals surface area contributed by atoms with E-state index in [-0.39, 0.29) is 13.2 Å². The molecule has 0 saturated heterocycles. The number of esters is 2. The van der Waals surface area contributed by atoms with E-state index in [0.29, 0.717) is 11.6 Å². The molecular formula is C23H22F3NO6. The quantitative estimate of drug-likeness (QED) is 0.195. The van der Waals surface area contributed by atoms with Crippen LogP contribution in [-0.4, -0.2) is 43.6 Å². The Bertz CT molecular complexity index is 1070. The standard InChI is InChI=1S/C23H22F3NO6/c1-4-32-22(29)15(20(28)14-11-16(24)18(26)21(31-3)17(14)25)12-27-19(23(30)33-5-2)13-9-7-6-8-10-13/h6-12,19,28H,4-5H2,1-3H3/b20-15-,27-12?/t19-/m0/s1. The maximum Gasteiger partial charge on any atom is 0.343 e. The predicted octanol–water partition coefficient (Wildman–Crippen LogP) is 4.32. The predicted molar refractivity (Wildman–Crippen MR) is 113 cm³/mol. The molecule has 0 aliphatic carbocycles. The van der Waals surface area contributed by atoms with Gasteiger partial charge in [0, 0.05) is 6.21 Å². The first-order chi connectivity index (χ1) is 15.8. The van der Waals surface area contributed by atoms with E-state index in [2.05, 4.69) is 9.73 Å².